The van der Waals surface area contributed by atoms with Crippen molar-refractivity contribution < 1.29 is 23.9 Å². The average molecular weight is 500 g/mol. The van der Waals surface area contributed by atoms with Crippen LogP contribution in [-0.2, 0) is 14.8 Å². The van der Waals surface area contributed by atoms with Gasteiger partial charge in [0, 0.05) is 37.1 Å². The van der Waals surface area contributed by atoms with Crippen LogP contribution in [0.5, 0.6) is 0 Å². The molecular weight excluding hydrogens is 466 g/mol. The highest BCUT2D eigenvalue weighted by molar-refractivity contribution is 9.08. The second kappa shape index (κ2) is 12.2. The number of nitrogens with one attached hydrogen (secondary N) is 1. The zero-order valence-corrected chi connectivity index (χ0v) is 20.6. The lowest BCUT2D eigenvalue weighted by Gasteiger charge is -2.30. The van der Waals surface area contributed by atoms with E-state index in [2.05, 4.69) is 21.2 Å². The van der Waals surface area contributed by atoms with Gasteiger partial charge < -0.3 is 20.5 Å². The predicted octanol–water partition coefficient (Wildman–Crippen LogP) is 3.85. The molecule has 0 saturated carbocycles. The molecule has 8 nitrogen and oxygen atoms in total. The smallest absolute Gasteiger partial charge is 0.419 e. The molecule has 9 heteroatoms. The second-order valence-corrected chi connectivity index (χ2v) is 9.29. The highest BCUT2D eigenvalue weighted by Crippen LogP contribution is 2.21. The zero-order chi connectivity index (χ0) is 23.7. The fourth-order valence-electron chi connectivity index (χ4n) is 2.59. The van der Waals surface area contributed by atoms with Crippen LogP contribution in [-0.4, -0.2) is 60.3 Å². The number of carbonyl (C=O) groups is 3. The third kappa shape index (κ3) is 10.3. The number of ether oxygens (including phenoxy) is 2. The van der Waals surface area contributed by atoms with Crippen LogP contribution in [0.15, 0.2) is 24.3 Å². The minimum atomic E-state index is -1.12. The van der Waals surface area contributed by atoms with Crippen LogP contribution in [0.25, 0.3) is 0 Å². The van der Waals surface area contributed by atoms with E-state index in [4.69, 9.17) is 15.2 Å². The number of nitrogens with two attached hydrogens (primary N) is 1. The zero-order valence-electron chi connectivity index (χ0n) is 19.0. The fraction of sp³-hybridized carbons (Fsp3) is 0.591. The third-order valence-corrected chi connectivity index (χ3v) is 4.70. The second-order valence-electron chi connectivity index (χ2n) is 8.73. The van der Waals surface area contributed by atoms with Gasteiger partial charge >= 0.3 is 12.2 Å². The minimum Gasteiger partial charge on any atom is -0.443 e. The molecule has 0 heterocycles. The quantitative estimate of drug-likeness (QED) is 0.285. The summed E-state index contributed by atoms with van der Waals surface area (Å²) in [7, 11) is 0. The number of carbonyl (C=O) groups excluding carboxylic acids is 3. The Balaban J connectivity index is 2.84. The standard InChI is InChI=1S/C22H34BrN3O5/c1-21(2,3)30-19(28)26(13-12-25-11-10-24)20(29)31-22(4,5)14-18(27)17-8-6-16(15-23)7-9-17/h6-9,25H,10-15,24H2,1-5H3. The van der Waals surface area contributed by atoms with Gasteiger partial charge in [0.15, 0.2) is 5.78 Å². The topological polar surface area (TPSA) is 111 Å². The lowest BCUT2D eigenvalue weighted by atomic mass is 9.97. The summed E-state index contributed by atoms with van der Waals surface area (Å²) >= 11 is 3.37. The first-order chi connectivity index (χ1) is 14.4. The molecule has 0 aliphatic heterocycles. The fourth-order valence-corrected chi connectivity index (χ4v) is 2.96. The summed E-state index contributed by atoms with van der Waals surface area (Å²) < 4.78 is 10.9. The van der Waals surface area contributed by atoms with Crippen molar-refractivity contribution in [3.05, 3.63) is 35.4 Å². The maximum atomic E-state index is 12.8. The normalized spacial score (nSPS) is 11.7. The van der Waals surface area contributed by atoms with E-state index in [0.717, 1.165) is 10.5 Å². The van der Waals surface area contributed by atoms with Gasteiger partial charge in [0.2, 0.25) is 0 Å². The van der Waals surface area contributed by atoms with Gasteiger partial charge in [-0.15, -0.1) is 0 Å². The van der Waals surface area contributed by atoms with Gasteiger partial charge in [-0.3, -0.25) is 4.79 Å². The van der Waals surface area contributed by atoms with Gasteiger partial charge in [-0.25, -0.2) is 14.5 Å². The molecule has 0 unspecified atom stereocenters. The number of amides is 2. The number of imide groups is 1. The molecule has 1 rings (SSSR count). The van der Waals surface area contributed by atoms with Crippen LogP contribution in [0.2, 0.25) is 0 Å². The molecule has 0 aromatic heterocycles. The summed E-state index contributed by atoms with van der Waals surface area (Å²) in [6.45, 7) is 9.77. The Morgan fingerprint density at radius 1 is 1.00 bits per heavy atom. The maximum absolute atomic E-state index is 12.8. The molecule has 0 aliphatic rings. The maximum Gasteiger partial charge on any atom is 0.419 e. The molecule has 0 spiro atoms. The Morgan fingerprint density at radius 2 is 1.58 bits per heavy atom. The number of ketones is 1. The molecule has 2 amide bonds. The molecule has 0 radical (unpaired) electrons. The number of Topliss-reactive ketones (excluding diaryl/α,β-unsaturated/α-hetero) is 1. The van der Waals surface area contributed by atoms with Crippen LogP contribution >= 0.6 is 15.9 Å². The Hall–Kier alpha value is -1.97. The number of nitrogens with zero attached hydrogens (tertiary/aromatic N) is 1. The van der Waals surface area contributed by atoms with Gasteiger partial charge in [-0.1, -0.05) is 40.2 Å². The predicted molar refractivity (Wildman–Crippen MR) is 123 cm³/mol. The monoisotopic (exact) mass is 499 g/mol. The number of benzene rings is 1. The summed E-state index contributed by atoms with van der Waals surface area (Å²) in [5, 5.41) is 3.72. The van der Waals surface area contributed by atoms with E-state index < -0.39 is 23.4 Å². The van der Waals surface area contributed by atoms with Crippen LogP contribution in [0.4, 0.5) is 9.59 Å². The SMILES string of the molecule is CC(C)(C)OC(=O)N(CCNCCN)C(=O)OC(C)(C)CC(=O)c1ccc(CBr)cc1. The van der Waals surface area contributed by atoms with Gasteiger partial charge in [0.1, 0.15) is 11.2 Å². The van der Waals surface area contributed by atoms with Crippen LogP contribution < -0.4 is 11.1 Å². The highest BCUT2D eigenvalue weighted by Gasteiger charge is 2.33. The molecule has 0 atom stereocenters. The lowest BCUT2D eigenvalue weighted by molar-refractivity contribution is -0.00484. The molecule has 0 saturated heterocycles. The minimum absolute atomic E-state index is 0.0278. The summed E-state index contributed by atoms with van der Waals surface area (Å²) in [6.07, 6.45) is -1.70. The van der Waals surface area contributed by atoms with Crippen molar-refractivity contribution in [2.24, 2.45) is 5.73 Å². The number of alkyl halides is 1. The first-order valence-electron chi connectivity index (χ1n) is 10.2. The van der Waals surface area contributed by atoms with E-state index >= 15 is 0 Å². The Labute approximate surface area is 192 Å². The number of rotatable bonds is 10. The molecule has 0 bridgehead atoms. The molecule has 1 aromatic rings. The molecule has 0 aliphatic carbocycles. The largest absolute Gasteiger partial charge is 0.443 e. The molecule has 174 valence electrons. The van der Waals surface area contributed by atoms with Crippen molar-refractivity contribution in [3.8, 4) is 0 Å². The number of hydrogen-bond donors (Lipinski definition) is 2. The van der Waals surface area contributed by atoms with Crippen molar-refractivity contribution >= 4 is 33.9 Å². The van der Waals surface area contributed by atoms with Crippen LogP contribution in [0.3, 0.4) is 0 Å². The summed E-state index contributed by atoms with van der Waals surface area (Å²) in [6, 6.07) is 7.21. The Bertz CT molecular complexity index is 745. The van der Waals surface area contributed by atoms with E-state index in [0.29, 0.717) is 30.5 Å². The Morgan fingerprint density at radius 3 is 2.10 bits per heavy atom. The number of hydrogen-bond acceptors (Lipinski definition) is 7. The lowest BCUT2D eigenvalue weighted by Crippen LogP contribution is -2.47. The molecule has 31 heavy (non-hydrogen) atoms. The summed E-state index contributed by atoms with van der Waals surface area (Å²) in [5.41, 5.74) is 5.15. The highest BCUT2D eigenvalue weighted by atomic mass is 79.9. The summed E-state index contributed by atoms with van der Waals surface area (Å²) in [5.74, 6) is -0.160. The van der Waals surface area contributed by atoms with Gasteiger partial charge in [-0.2, -0.15) is 0 Å². The molecule has 1 aromatic carbocycles. The first-order valence-corrected chi connectivity index (χ1v) is 11.3. The van der Waals surface area contributed by atoms with Gasteiger partial charge in [0.05, 0.1) is 6.42 Å². The Kier molecular flexibility index (Phi) is 10.6. The van der Waals surface area contributed by atoms with E-state index in [1.165, 1.54) is 0 Å². The third-order valence-electron chi connectivity index (χ3n) is 4.05. The average Bonchev–Trinajstić information content (AvgIpc) is 2.65. The molecule has 3 N–H and O–H groups in total. The number of halogens is 1. The van der Waals surface area contributed by atoms with Crippen LogP contribution in [0, 0.1) is 0 Å². The van der Waals surface area contributed by atoms with E-state index in [9.17, 15) is 14.4 Å². The van der Waals surface area contributed by atoms with Gasteiger partial charge in [0.25, 0.3) is 0 Å². The van der Waals surface area contributed by atoms with Crippen LogP contribution in [0.1, 0.15) is 57.0 Å². The first kappa shape index (κ1) is 27.1. The van der Waals surface area contributed by atoms with Gasteiger partial charge in [-0.05, 0) is 40.2 Å². The van der Waals surface area contributed by atoms with E-state index in [1.54, 1.807) is 46.8 Å². The van der Waals surface area contributed by atoms with Crippen molar-refractivity contribution in [1.29, 1.82) is 0 Å². The van der Waals surface area contributed by atoms with E-state index in [-0.39, 0.29) is 18.7 Å². The summed E-state index contributed by atoms with van der Waals surface area (Å²) in [4.78, 5) is 38.9. The van der Waals surface area contributed by atoms with Crippen molar-refractivity contribution in [1.82, 2.24) is 10.2 Å². The molecule has 0 fully saturated rings. The molecular formula is C22H34BrN3O5. The van der Waals surface area contributed by atoms with E-state index in [1.807, 2.05) is 12.1 Å². The van der Waals surface area contributed by atoms with Crippen molar-refractivity contribution in [2.45, 2.75) is 57.6 Å². The van der Waals surface area contributed by atoms with Crippen molar-refractivity contribution in [2.75, 3.05) is 26.2 Å². The van der Waals surface area contributed by atoms with Crippen molar-refractivity contribution in [3.63, 3.8) is 0 Å².